The first-order valence-corrected chi connectivity index (χ1v) is 7.64. The van der Waals surface area contributed by atoms with Crippen molar-refractivity contribution in [2.24, 2.45) is 4.99 Å². The van der Waals surface area contributed by atoms with Crippen LogP contribution in [0.15, 0.2) is 35.3 Å². The van der Waals surface area contributed by atoms with E-state index in [0.29, 0.717) is 6.04 Å². The van der Waals surface area contributed by atoms with Gasteiger partial charge in [0.25, 0.3) is 0 Å². The first kappa shape index (κ1) is 18.3. The Hall–Kier alpha value is -0.780. The number of nitrogens with zero attached hydrogens (tertiary/aromatic N) is 1. The number of guanidine groups is 1. The highest BCUT2D eigenvalue weighted by Crippen LogP contribution is 2.22. The standard InChI is InChI=1S/C17H27N3.HI/c1-17(2,14-9-5-4-6-10-14)13-19-16(18-3)20-15-11-7-8-12-15;/h4-6,9-10,15H,7-8,11-13H2,1-3H3,(H2,18,19,20);1H. The van der Waals surface area contributed by atoms with Crippen molar-refractivity contribution in [3.63, 3.8) is 0 Å². The summed E-state index contributed by atoms with van der Waals surface area (Å²) in [4.78, 5) is 4.34. The van der Waals surface area contributed by atoms with Crippen LogP contribution in [0.4, 0.5) is 0 Å². The lowest BCUT2D eigenvalue weighted by atomic mass is 9.85. The molecule has 0 spiro atoms. The Morgan fingerprint density at radius 2 is 1.81 bits per heavy atom. The number of benzene rings is 1. The van der Waals surface area contributed by atoms with Crippen LogP contribution in [0.25, 0.3) is 0 Å². The van der Waals surface area contributed by atoms with Gasteiger partial charge >= 0.3 is 0 Å². The van der Waals surface area contributed by atoms with Crippen LogP contribution in [0.3, 0.4) is 0 Å². The lowest BCUT2D eigenvalue weighted by molar-refractivity contribution is 0.503. The predicted molar refractivity (Wildman–Crippen MR) is 102 cm³/mol. The molecule has 118 valence electrons. The lowest BCUT2D eigenvalue weighted by Crippen LogP contribution is -2.46. The highest BCUT2D eigenvalue weighted by molar-refractivity contribution is 14.0. The molecule has 0 radical (unpaired) electrons. The Morgan fingerprint density at radius 3 is 2.38 bits per heavy atom. The number of aliphatic imine (C=N–C) groups is 1. The molecule has 1 aromatic carbocycles. The third-order valence-electron chi connectivity index (χ3n) is 4.17. The second-order valence-corrected chi connectivity index (χ2v) is 6.30. The van der Waals surface area contributed by atoms with Crippen LogP contribution in [0.1, 0.15) is 45.1 Å². The van der Waals surface area contributed by atoms with Crippen molar-refractivity contribution in [2.75, 3.05) is 13.6 Å². The van der Waals surface area contributed by atoms with E-state index >= 15 is 0 Å². The Kier molecular flexibility index (Phi) is 7.49. The maximum absolute atomic E-state index is 4.34. The fraction of sp³-hybridized carbons (Fsp3) is 0.588. The van der Waals surface area contributed by atoms with Crippen LogP contribution in [-0.4, -0.2) is 25.6 Å². The summed E-state index contributed by atoms with van der Waals surface area (Å²) < 4.78 is 0. The van der Waals surface area contributed by atoms with Gasteiger partial charge in [-0.2, -0.15) is 0 Å². The number of halogens is 1. The van der Waals surface area contributed by atoms with Gasteiger partial charge < -0.3 is 10.6 Å². The molecule has 0 heterocycles. The third kappa shape index (κ3) is 5.49. The second kappa shape index (κ2) is 8.61. The Morgan fingerprint density at radius 1 is 1.19 bits per heavy atom. The van der Waals surface area contributed by atoms with E-state index < -0.39 is 0 Å². The molecule has 1 aromatic rings. The summed E-state index contributed by atoms with van der Waals surface area (Å²) in [7, 11) is 1.85. The van der Waals surface area contributed by atoms with Gasteiger partial charge in [0.15, 0.2) is 5.96 Å². The van der Waals surface area contributed by atoms with Gasteiger partial charge in [-0.25, -0.2) is 0 Å². The van der Waals surface area contributed by atoms with Crippen LogP contribution in [0.5, 0.6) is 0 Å². The van der Waals surface area contributed by atoms with E-state index in [0.717, 1.165) is 12.5 Å². The molecule has 0 atom stereocenters. The fourth-order valence-corrected chi connectivity index (χ4v) is 2.75. The van der Waals surface area contributed by atoms with Crippen molar-refractivity contribution in [3.05, 3.63) is 35.9 Å². The first-order valence-electron chi connectivity index (χ1n) is 7.64. The van der Waals surface area contributed by atoms with Gasteiger partial charge in [-0.05, 0) is 18.4 Å². The zero-order chi connectivity index (χ0) is 14.4. The van der Waals surface area contributed by atoms with Gasteiger partial charge in [0.1, 0.15) is 0 Å². The van der Waals surface area contributed by atoms with E-state index in [1.165, 1.54) is 31.2 Å². The molecule has 3 nitrogen and oxygen atoms in total. The average molecular weight is 401 g/mol. The van der Waals surface area contributed by atoms with E-state index in [2.05, 4.69) is 59.8 Å². The van der Waals surface area contributed by atoms with E-state index in [1.807, 2.05) is 7.05 Å². The van der Waals surface area contributed by atoms with Crippen LogP contribution >= 0.6 is 24.0 Å². The van der Waals surface area contributed by atoms with Crippen molar-refractivity contribution < 1.29 is 0 Å². The van der Waals surface area contributed by atoms with Crippen molar-refractivity contribution in [1.82, 2.24) is 10.6 Å². The van der Waals surface area contributed by atoms with Crippen molar-refractivity contribution >= 4 is 29.9 Å². The number of hydrogen-bond acceptors (Lipinski definition) is 1. The van der Waals surface area contributed by atoms with Crippen molar-refractivity contribution in [3.8, 4) is 0 Å². The molecule has 2 rings (SSSR count). The Bertz CT molecular complexity index is 437. The maximum atomic E-state index is 4.34. The molecule has 0 bridgehead atoms. The molecular weight excluding hydrogens is 373 g/mol. The summed E-state index contributed by atoms with van der Waals surface area (Å²) in [5, 5.41) is 7.00. The summed E-state index contributed by atoms with van der Waals surface area (Å²) in [6, 6.07) is 11.2. The number of nitrogens with one attached hydrogen (secondary N) is 2. The molecule has 1 fully saturated rings. The minimum atomic E-state index is 0. The third-order valence-corrected chi connectivity index (χ3v) is 4.17. The monoisotopic (exact) mass is 401 g/mol. The molecule has 0 amide bonds. The molecule has 1 aliphatic carbocycles. The summed E-state index contributed by atoms with van der Waals surface area (Å²) in [6.07, 6.45) is 5.21. The summed E-state index contributed by atoms with van der Waals surface area (Å²) in [5.74, 6) is 0.931. The smallest absolute Gasteiger partial charge is 0.191 e. The Labute approximate surface area is 146 Å². The summed E-state index contributed by atoms with van der Waals surface area (Å²) in [6.45, 7) is 5.40. The molecule has 4 heteroatoms. The molecular formula is C17H28IN3. The predicted octanol–water partition coefficient (Wildman–Crippen LogP) is 3.69. The minimum absolute atomic E-state index is 0. The Balaban J connectivity index is 0.00000220. The highest BCUT2D eigenvalue weighted by Gasteiger charge is 2.21. The van der Waals surface area contributed by atoms with Crippen LogP contribution in [0, 0.1) is 0 Å². The van der Waals surface area contributed by atoms with Gasteiger partial charge in [0.2, 0.25) is 0 Å². The molecule has 0 aromatic heterocycles. The molecule has 0 unspecified atom stereocenters. The number of hydrogen-bond donors (Lipinski definition) is 2. The van der Waals surface area contributed by atoms with Crippen LogP contribution in [-0.2, 0) is 5.41 Å². The van der Waals surface area contributed by atoms with Crippen molar-refractivity contribution in [1.29, 1.82) is 0 Å². The average Bonchev–Trinajstić information content (AvgIpc) is 2.97. The van der Waals surface area contributed by atoms with Gasteiger partial charge in [0.05, 0.1) is 0 Å². The van der Waals surface area contributed by atoms with E-state index in [1.54, 1.807) is 0 Å². The van der Waals surface area contributed by atoms with Crippen LogP contribution in [0.2, 0.25) is 0 Å². The highest BCUT2D eigenvalue weighted by atomic mass is 127. The van der Waals surface area contributed by atoms with E-state index in [4.69, 9.17) is 0 Å². The van der Waals surface area contributed by atoms with Gasteiger partial charge in [-0.15, -0.1) is 24.0 Å². The SMILES string of the molecule is CN=C(NCC(C)(C)c1ccccc1)NC1CCCC1.I. The maximum Gasteiger partial charge on any atom is 0.191 e. The molecule has 1 saturated carbocycles. The lowest BCUT2D eigenvalue weighted by Gasteiger charge is -2.27. The largest absolute Gasteiger partial charge is 0.356 e. The fourth-order valence-electron chi connectivity index (χ4n) is 2.75. The second-order valence-electron chi connectivity index (χ2n) is 6.30. The van der Waals surface area contributed by atoms with Gasteiger partial charge in [-0.3, -0.25) is 4.99 Å². The minimum Gasteiger partial charge on any atom is -0.356 e. The quantitative estimate of drug-likeness (QED) is 0.459. The first-order chi connectivity index (χ1) is 9.62. The molecule has 0 saturated heterocycles. The topological polar surface area (TPSA) is 36.4 Å². The van der Waals surface area contributed by atoms with Crippen molar-refractivity contribution in [2.45, 2.75) is 51.0 Å². The zero-order valence-electron chi connectivity index (χ0n) is 13.4. The van der Waals surface area contributed by atoms with Gasteiger partial charge in [0, 0.05) is 25.0 Å². The van der Waals surface area contributed by atoms with Gasteiger partial charge in [-0.1, -0.05) is 57.0 Å². The normalized spacial score (nSPS) is 16.4. The summed E-state index contributed by atoms with van der Waals surface area (Å²) >= 11 is 0. The van der Waals surface area contributed by atoms with E-state index in [-0.39, 0.29) is 29.4 Å². The molecule has 21 heavy (non-hydrogen) atoms. The van der Waals surface area contributed by atoms with E-state index in [9.17, 15) is 0 Å². The summed E-state index contributed by atoms with van der Waals surface area (Å²) in [5.41, 5.74) is 1.44. The molecule has 1 aliphatic rings. The zero-order valence-corrected chi connectivity index (χ0v) is 15.7. The molecule has 2 N–H and O–H groups in total. The number of rotatable bonds is 4. The van der Waals surface area contributed by atoms with Crippen LogP contribution < -0.4 is 10.6 Å². The molecule has 0 aliphatic heterocycles.